The highest BCUT2D eigenvalue weighted by atomic mass is 19.1. The number of nitrogens with zero attached hydrogens (tertiary/aromatic N) is 2. The van der Waals surface area contributed by atoms with Crippen LogP contribution in [0.5, 0.6) is 0 Å². The second kappa shape index (κ2) is 3.70. The Balaban J connectivity index is 2.14. The first-order valence-electron chi connectivity index (χ1n) is 5.44. The van der Waals surface area contributed by atoms with Crippen LogP contribution in [0.25, 0.3) is 16.9 Å². The molecule has 0 amide bonds. The lowest BCUT2D eigenvalue weighted by atomic mass is 10.1. The number of aromatic nitrogens is 2. The Labute approximate surface area is 98.4 Å². The minimum atomic E-state index is -0.259. The van der Waals surface area contributed by atoms with Gasteiger partial charge in [0.2, 0.25) is 0 Å². The lowest BCUT2D eigenvalue weighted by Crippen LogP contribution is -1.83. The fourth-order valence-corrected chi connectivity index (χ4v) is 1.83. The molecule has 0 atom stereocenters. The molecule has 3 heteroatoms. The zero-order valence-corrected chi connectivity index (χ0v) is 9.39. The van der Waals surface area contributed by atoms with E-state index in [-0.39, 0.29) is 5.82 Å². The summed E-state index contributed by atoms with van der Waals surface area (Å²) in [6.45, 7) is 2.04. The number of hydrogen-bond donors (Lipinski definition) is 0. The molecule has 0 unspecified atom stereocenters. The molecule has 17 heavy (non-hydrogen) atoms. The lowest BCUT2D eigenvalue weighted by Gasteiger charge is -1.96. The maximum atomic E-state index is 13.1. The average Bonchev–Trinajstić information content (AvgIpc) is 2.72. The molecule has 0 saturated carbocycles. The Hall–Kier alpha value is -2.16. The fraction of sp³-hybridized carbons (Fsp3) is 0.0714. The van der Waals surface area contributed by atoms with Gasteiger partial charge in [0, 0.05) is 18.0 Å². The monoisotopic (exact) mass is 226 g/mol. The van der Waals surface area contributed by atoms with E-state index in [4.69, 9.17) is 0 Å². The molecule has 3 aromatic rings. The summed E-state index contributed by atoms with van der Waals surface area (Å²) in [5.41, 5.74) is 3.86. The van der Waals surface area contributed by atoms with Gasteiger partial charge in [0.1, 0.15) is 11.5 Å². The number of pyridine rings is 1. The van der Waals surface area contributed by atoms with E-state index in [1.807, 2.05) is 37.4 Å². The van der Waals surface area contributed by atoms with Crippen molar-refractivity contribution in [3.63, 3.8) is 0 Å². The minimum Gasteiger partial charge on any atom is -0.304 e. The molecule has 0 spiro atoms. The van der Waals surface area contributed by atoms with Crippen LogP contribution in [0.2, 0.25) is 0 Å². The molecule has 2 aromatic heterocycles. The molecule has 1 aromatic carbocycles. The van der Waals surface area contributed by atoms with Gasteiger partial charge < -0.3 is 4.40 Å². The summed E-state index contributed by atoms with van der Waals surface area (Å²) in [5.74, 6) is -0.259. The predicted molar refractivity (Wildman–Crippen MR) is 65.3 cm³/mol. The van der Waals surface area contributed by atoms with Gasteiger partial charge >= 0.3 is 0 Å². The molecule has 2 nitrogen and oxygen atoms in total. The van der Waals surface area contributed by atoms with Gasteiger partial charge in [0.25, 0.3) is 0 Å². The summed E-state index contributed by atoms with van der Waals surface area (Å²) >= 11 is 0. The van der Waals surface area contributed by atoms with E-state index in [1.165, 1.54) is 17.8 Å². The van der Waals surface area contributed by atoms with Gasteiger partial charge in [-0.3, -0.25) is 0 Å². The normalized spacial score (nSPS) is 10.9. The summed E-state index contributed by atoms with van der Waals surface area (Å²) in [7, 11) is 0. The first-order valence-corrected chi connectivity index (χ1v) is 5.44. The van der Waals surface area contributed by atoms with Crippen molar-refractivity contribution in [2.45, 2.75) is 6.92 Å². The number of imidazole rings is 1. The van der Waals surface area contributed by atoms with Gasteiger partial charge in [-0.2, -0.15) is 0 Å². The summed E-state index contributed by atoms with van der Waals surface area (Å²) in [4.78, 5) is 4.45. The number of fused-ring (bicyclic) bond motifs is 1. The van der Waals surface area contributed by atoms with Gasteiger partial charge in [-0.05, 0) is 19.1 Å². The van der Waals surface area contributed by atoms with Gasteiger partial charge in [-0.1, -0.05) is 29.8 Å². The van der Waals surface area contributed by atoms with E-state index in [0.717, 1.165) is 16.9 Å². The van der Waals surface area contributed by atoms with Crippen LogP contribution in [0.4, 0.5) is 4.39 Å². The van der Waals surface area contributed by atoms with E-state index >= 15 is 0 Å². The van der Waals surface area contributed by atoms with Gasteiger partial charge in [-0.15, -0.1) is 0 Å². The second-order valence-electron chi connectivity index (χ2n) is 4.10. The van der Waals surface area contributed by atoms with E-state index in [9.17, 15) is 4.39 Å². The maximum absolute atomic E-state index is 13.1. The Bertz CT molecular complexity index is 668. The lowest BCUT2D eigenvalue weighted by molar-refractivity contribution is 0.619. The number of rotatable bonds is 1. The summed E-state index contributed by atoms with van der Waals surface area (Å²) in [6, 6.07) is 11.2. The Morgan fingerprint density at radius 1 is 1.00 bits per heavy atom. The van der Waals surface area contributed by atoms with Crippen molar-refractivity contribution >= 4 is 5.65 Å². The highest BCUT2D eigenvalue weighted by Gasteiger charge is 2.04. The van der Waals surface area contributed by atoms with Crippen molar-refractivity contribution in [3.8, 4) is 11.3 Å². The van der Waals surface area contributed by atoms with Crippen molar-refractivity contribution in [2.75, 3.05) is 0 Å². The molecule has 84 valence electrons. The minimum absolute atomic E-state index is 0.259. The first-order chi connectivity index (χ1) is 8.22. The van der Waals surface area contributed by atoms with Crippen molar-refractivity contribution < 1.29 is 4.39 Å². The third-order valence-electron chi connectivity index (χ3n) is 2.76. The third-order valence-corrected chi connectivity index (χ3v) is 2.76. The molecule has 2 heterocycles. The fourth-order valence-electron chi connectivity index (χ4n) is 1.83. The molecular weight excluding hydrogens is 215 g/mol. The second-order valence-corrected chi connectivity index (χ2v) is 4.10. The average molecular weight is 226 g/mol. The predicted octanol–water partition coefficient (Wildman–Crippen LogP) is 3.45. The molecule has 0 saturated heterocycles. The summed E-state index contributed by atoms with van der Waals surface area (Å²) in [5, 5.41) is 0. The highest BCUT2D eigenvalue weighted by Crippen LogP contribution is 2.19. The Morgan fingerprint density at radius 3 is 2.53 bits per heavy atom. The number of benzene rings is 1. The van der Waals surface area contributed by atoms with Crippen molar-refractivity contribution in [1.82, 2.24) is 9.38 Å². The zero-order chi connectivity index (χ0) is 11.8. The smallest absolute Gasteiger partial charge is 0.139 e. The van der Waals surface area contributed by atoms with Crippen LogP contribution in [0.3, 0.4) is 0 Å². The number of aryl methyl sites for hydroxylation is 1. The molecule has 0 aliphatic carbocycles. The van der Waals surface area contributed by atoms with E-state index in [2.05, 4.69) is 4.98 Å². The quantitative estimate of drug-likeness (QED) is 0.621. The summed E-state index contributed by atoms with van der Waals surface area (Å²) < 4.78 is 14.8. The zero-order valence-electron chi connectivity index (χ0n) is 9.39. The topological polar surface area (TPSA) is 17.3 Å². The largest absolute Gasteiger partial charge is 0.304 e. The Kier molecular flexibility index (Phi) is 2.18. The van der Waals surface area contributed by atoms with Crippen molar-refractivity contribution in [2.24, 2.45) is 0 Å². The van der Waals surface area contributed by atoms with Crippen LogP contribution in [0.1, 0.15) is 5.56 Å². The van der Waals surface area contributed by atoms with Crippen LogP contribution in [-0.4, -0.2) is 9.38 Å². The van der Waals surface area contributed by atoms with E-state index < -0.39 is 0 Å². The van der Waals surface area contributed by atoms with E-state index in [0.29, 0.717) is 0 Å². The van der Waals surface area contributed by atoms with Gasteiger partial charge in [0.05, 0.1) is 5.69 Å². The van der Waals surface area contributed by atoms with Crippen LogP contribution in [0, 0.1) is 12.7 Å². The number of halogens is 1. The summed E-state index contributed by atoms with van der Waals surface area (Å²) in [6.07, 6.45) is 3.27. The molecule has 3 rings (SSSR count). The van der Waals surface area contributed by atoms with E-state index in [1.54, 1.807) is 10.5 Å². The Morgan fingerprint density at radius 2 is 1.76 bits per heavy atom. The standard InChI is InChI=1S/C14H11FN2/c1-10-2-4-11(5-3-10)13-9-17-8-12(15)6-7-14(17)16-13/h2-9H,1H3. The number of hydrogen-bond acceptors (Lipinski definition) is 1. The van der Waals surface area contributed by atoms with Crippen LogP contribution >= 0.6 is 0 Å². The first kappa shape index (κ1) is 10.0. The van der Waals surface area contributed by atoms with Crippen LogP contribution < -0.4 is 0 Å². The van der Waals surface area contributed by atoms with Crippen LogP contribution in [0.15, 0.2) is 48.8 Å². The van der Waals surface area contributed by atoms with Gasteiger partial charge in [-0.25, -0.2) is 9.37 Å². The SMILES string of the molecule is Cc1ccc(-c2cn3cc(F)ccc3n2)cc1. The van der Waals surface area contributed by atoms with Gasteiger partial charge in [0.15, 0.2) is 0 Å². The molecular formula is C14H11FN2. The molecule has 0 fully saturated rings. The third kappa shape index (κ3) is 1.80. The molecule has 0 bridgehead atoms. The maximum Gasteiger partial charge on any atom is 0.139 e. The van der Waals surface area contributed by atoms with Crippen molar-refractivity contribution in [3.05, 3.63) is 60.2 Å². The highest BCUT2D eigenvalue weighted by molar-refractivity contribution is 5.62. The van der Waals surface area contributed by atoms with Crippen LogP contribution in [-0.2, 0) is 0 Å². The molecule has 0 aliphatic heterocycles. The molecule has 0 N–H and O–H groups in total. The van der Waals surface area contributed by atoms with Crippen molar-refractivity contribution in [1.29, 1.82) is 0 Å². The molecule has 0 radical (unpaired) electrons. The molecule has 0 aliphatic rings.